The number of piperidine rings is 1. The van der Waals surface area contributed by atoms with E-state index < -0.39 is 35.0 Å². The summed E-state index contributed by atoms with van der Waals surface area (Å²) < 4.78 is 26.5. The van der Waals surface area contributed by atoms with E-state index in [1.165, 1.54) is 6.08 Å². The van der Waals surface area contributed by atoms with Crippen molar-refractivity contribution < 1.29 is 28.0 Å². The SMILES string of the molecule is CC(=O)c1cc(F)c(F)cc1C(=O)/C=C/C1CCC(=O)NC1=O. The van der Waals surface area contributed by atoms with Crippen LogP contribution in [0.15, 0.2) is 24.3 Å². The number of hydrogen-bond acceptors (Lipinski definition) is 4. The lowest BCUT2D eigenvalue weighted by atomic mass is 9.95. The Hall–Kier alpha value is -2.70. The molecule has 0 radical (unpaired) electrons. The van der Waals surface area contributed by atoms with Crippen LogP contribution in [0.2, 0.25) is 0 Å². The molecule has 0 spiro atoms. The Labute approximate surface area is 130 Å². The molecule has 2 rings (SSSR count). The summed E-state index contributed by atoms with van der Waals surface area (Å²) in [7, 11) is 0. The smallest absolute Gasteiger partial charge is 0.233 e. The lowest BCUT2D eigenvalue weighted by Gasteiger charge is -2.17. The number of halogens is 2. The number of hydrogen-bond donors (Lipinski definition) is 1. The van der Waals surface area contributed by atoms with Crippen molar-refractivity contribution in [1.82, 2.24) is 5.32 Å². The summed E-state index contributed by atoms with van der Waals surface area (Å²) in [5.41, 5.74) is -0.512. The summed E-state index contributed by atoms with van der Waals surface area (Å²) in [6.07, 6.45) is 2.72. The van der Waals surface area contributed by atoms with Gasteiger partial charge in [0.05, 0.1) is 5.92 Å². The van der Waals surface area contributed by atoms with E-state index in [1.807, 2.05) is 0 Å². The quantitative estimate of drug-likeness (QED) is 0.522. The molecule has 120 valence electrons. The molecule has 1 aliphatic heterocycles. The van der Waals surface area contributed by atoms with Gasteiger partial charge < -0.3 is 0 Å². The van der Waals surface area contributed by atoms with Crippen LogP contribution in [0.4, 0.5) is 8.78 Å². The van der Waals surface area contributed by atoms with Crippen LogP contribution in [-0.4, -0.2) is 23.4 Å². The van der Waals surface area contributed by atoms with Crippen molar-refractivity contribution in [2.75, 3.05) is 0 Å². The number of allylic oxidation sites excluding steroid dienone is 1. The predicted molar refractivity (Wildman–Crippen MR) is 75.7 cm³/mol. The van der Waals surface area contributed by atoms with Crippen molar-refractivity contribution in [3.63, 3.8) is 0 Å². The lowest BCUT2D eigenvalue weighted by molar-refractivity contribution is -0.135. The molecule has 1 aromatic rings. The molecule has 0 aliphatic carbocycles. The van der Waals surface area contributed by atoms with Crippen LogP contribution in [0.3, 0.4) is 0 Å². The largest absolute Gasteiger partial charge is 0.296 e. The van der Waals surface area contributed by atoms with Gasteiger partial charge in [0.2, 0.25) is 11.8 Å². The topological polar surface area (TPSA) is 80.3 Å². The van der Waals surface area contributed by atoms with Crippen molar-refractivity contribution in [3.05, 3.63) is 47.0 Å². The molecule has 1 fully saturated rings. The van der Waals surface area contributed by atoms with Crippen molar-refractivity contribution >= 4 is 23.4 Å². The first kappa shape index (κ1) is 16.7. The molecule has 1 N–H and O–H groups in total. The van der Waals surface area contributed by atoms with E-state index in [0.29, 0.717) is 12.1 Å². The van der Waals surface area contributed by atoms with Crippen molar-refractivity contribution in [1.29, 1.82) is 0 Å². The van der Waals surface area contributed by atoms with Crippen molar-refractivity contribution in [3.8, 4) is 0 Å². The van der Waals surface area contributed by atoms with Crippen LogP contribution in [0.1, 0.15) is 40.5 Å². The minimum atomic E-state index is -1.24. The second-order valence-electron chi connectivity index (χ2n) is 5.15. The molecule has 0 saturated carbocycles. The van der Waals surface area contributed by atoms with Gasteiger partial charge in [-0.25, -0.2) is 8.78 Å². The monoisotopic (exact) mass is 321 g/mol. The molecule has 5 nitrogen and oxygen atoms in total. The summed E-state index contributed by atoms with van der Waals surface area (Å²) in [6.45, 7) is 1.13. The van der Waals surface area contributed by atoms with Gasteiger partial charge in [-0.3, -0.25) is 24.5 Å². The standard InChI is InChI=1S/C16H13F2NO4/c1-8(20)10-6-12(17)13(18)7-11(10)14(21)4-2-9-3-5-15(22)19-16(9)23/h2,4,6-7,9H,3,5H2,1H3,(H,19,22,23)/b4-2+. The summed E-state index contributed by atoms with van der Waals surface area (Å²) in [4.78, 5) is 46.2. The fourth-order valence-corrected chi connectivity index (χ4v) is 2.23. The third-order valence-corrected chi connectivity index (χ3v) is 3.47. The second-order valence-corrected chi connectivity index (χ2v) is 5.15. The average Bonchev–Trinajstić information content (AvgIpc) is 2.48. The third-order valence-electron chi connectivity index (χ3n) is 3.47. The number of imide groups is 1. The number of carbonyl (C=O) groups excluding carboxylic acids is 4. The Morgan fingerprint density at radius 1 is 1.17 bits per heavy atom. The maximum absolute atomic E-state index is 13.3. The zero-order chi connectivity index (χ0) is 17.1. The Kier molecular flexibility index (Phi) is 4.78. The van der Waals surface area contributed by atoms with E-state index in [9.17, 15) is 28.0 Å². The fraction of sp³-hybridized carbons (Fsp3) is 0.250. The van der Waals surface area contributed by atoms with E-state index >= 15 is 0 Å². The molecule has 1 aliphatic rings. The van der Waals surface area contributed by atoms with Gasteiger partial charge in [0.25, 0.3) is 0 Å². The van der Waals surface area contributed by atoms with Crippen LogP contribution < -0.4 is 5.32 Å². The van der Waals surface area contributed by atoms with Gasteiger partial charge in [-0.1, -0.05) is 6.08 Å². The molecule has 0 aromatic heterocycles. The molecule has 1 aromatic carbocycles. The number of benzene rings is 1. The van der Waals surface area contributed by atoms with Gasteiger partial charge in [0.1, 0.15) is 0 Å². The zero-order valence-corrected chi connectivity index (χ0v) is 12.2. The maximum atomic E-state index is 13.3. The fourth-order valence-electron chi connectivity index (χ4n) is 2.23. The van der Waals surface area contributed by atoms with Gasteiger partial charge in [0, 0.05) is 17.5 Å². The summed E-state index contributed by atoms with van der Waals surface area (Å²) in [6, 6.07) is 1.33. The summed E-state index contributed by atoms with van der Waals surface area (Å²) in [5, 5.41) is 2.13. The lowest BCUT2D eigenvalue weighted by Crippen LogP contribution is -2.39. The van der Waals surface area contributed by atoms with Crippen LogP contribution in [0.5, 0.6) is 0 Å². The number of ketones is 2. The molecule has 1 saturated heterocycles. The molecule has 1 heterocycles. The van der Waals surface area contributed by atoms with Gasteiger partial charge in [0.15, 0.2) is 23.2 Å². The van der Waals surface area contributed by atoms with Crippen molar-refractivity contribution in [2.45, 2.75) is 19.8 Å². The first-order valence-corrected chi connectivity index (χ1v) is 6.85. The average molecular weight is 321 g/mol. The number of nitrogens with one attached hydrogen (secondary N) is 1. The zero-order valence-electron chi connectivity index (χ0n) is 12.2. The van der Waals surface area contributed by atoms with Crippen LogP contribution in [0, 0.1) is 17.6 Å². The van der Waals surface area contributed by atoms with E-state index in [1.54, 1.807) is 0 Å². The van der Waals surface area contributed by atoms with Gasteiger partial charge in [-0.15, -0.1) is 0 Å². The minimum Gasteiger partial charge on any atom is -0.296 e. The second kappa shape index (κ2) is 6.60. The van der Waals surface area contributed by atoms with E-state index in [4.69, 9.17) is 0 Å². The molecule has 1 unspecified atom stereocenters. The van der Waals surface area contributed by atoms with Crippen LogP contribution in [-0.2, 0) is 9.59 Å². The van der Waals surface area contributed by atoms with Crippen LogP contribution in [0.25, 0.3) is 0 Å². The highest BCUT2D eigenvalue weighted by Crippen LogP contribution is 2.18. The van der Waals surface area contributed by atoms with E-state index in [-0.39, 0.29) is 29.9 Å². The highest BCUT2D eigenvalue weighted by molar-refractivity contribution is 6.12. The Morgan fingerprint density at radius 3 is 2.35 bits per heavy atom. The van der Waals surface area contributed by atoms with Crippen molar-refractivity contribution in [2.24, 2.45) is 5.92 Å². The predicted octanol–water partition coefficient (Wildman–Crippen LogP) is 1.96. The maximum Gasteiger partial charge on any atom is 0.233 e. The van der Waals surface area contributed by atoms with Gasteiger partial charge in [-0.2, -0.15) is 0 Å². The van der Waals surface area contributed by atoms with E-state index in [2.05, 4.69) is 5.32 Å². The molecule has 23 heavy (non-hydrogen) atoms. The Balaban J connectivity index is 2.25. The number of carbonyl (C=O) groups is 4. The van der Waals surface area contributed by atoms with Gasteiger partial charge >= 0.3 is 0 Å². The third kappa shape index (κ3) is 3.74. The first-order valence-electron chi connectivity index (χ1n) is 6.85. The summed E-state index contributed by atoms with van der Waals surface area (Å²) in [5.74, 6) is -5.34. The number of Topliss-reactive ketones (excluding diaryl/α,β-unsaturated/α-hetero) is 1. The Morgan fingerprint density at radius 2 is 1.78 bits per heavy atom. The molecule has 1 atom stereocenters. The molecular formula is C16H13F2NO4. The minimum absolute atomic E-state index is 0.152. The number of rotatable bonds is 4. The highest BCUT2D eigenvalue weighted by atomic mass is 19.2. The van der Waals surface area contributed by atoms with Crippen LogP contribution >= 0.6 is 0 Å². The summed E-state index contributed by atoms with van der Waals surface area (Å²) >= 11 is 0. The molecule has 0 bridgehead atoms. The highest BCUT2D eigenvalue weighted by Gasteiger charge is 2.25. The molecular weight excluding hydrogens is 308 g/mol. The Bertz CT molecular complexity index is 740. The normalized spacial score (nSPS) is 18.1. The van der Waals surface area contributed by atoms with Gasteiger partial charge in [-0.05, 0) is 31.6 Å². The molecule has 2 amide bonds. The van der Waals surface area contributed by atoms with E-state index in [0.717, 1.165) is 13.0 Å². The number of amides is 2. The molecule has 7 heteroatoms. The first-order chi connectivity index (χ1) is 10.8.